The first-order valence-corrected chi connectivity index (χ1v) is 19.2. The lowest BCUT2D eigenvalue weighted by Crippen LogP contribution is -2.31. The molecule has 53 heavy (non-hydrogen) atoms. The first kappa shape index (κ1) is 35.1. The van der Waals surface area contributed by atoms with Crippen LogP contribution in [-0.4, -0.2) is 68.1 Å². The minimum atomic E-state index is -4.02. The van der Waals surface area contributed by atoms with Crippen LogP contribution in [0.1, 0.15) is 59.2 Å². The van der Waals surface area contributed by atoms with Gasteiger partial charge in [-0.1, -0.05) is 41.4 Å². The fourth-order valence-electron chi connectivity index (χ4n) is 6.55. The van der Waals surface area contributed by atoms with E-state index in [-0.39, 0.29) is 26.3 Å². The number of carbonyl (C=O) groups is 2. The van der Waals surface area contributed by atoms with Crippen LogP contribution in [0, 0.1) is 22.7 Å². The van der Waals surface area contributed by atoms with Crippen LogP contribution < -0.4 is 14.2 Å². The zero-order valence-electron chi connectivity index (χ0n) is 28.1. The number of carbonyl (C=O) groups excluding carboxylic acids is 1. The van der Waals surface area contributed by atoms with Crippen LogP contribution in [0.3, 0.4) is 0 Å². The summed E-state index contributed by atoms with van der Waals surface area (Å²) in [6, 6.07) is 17.0. The molecule has 0 bridgehead atoms. The maximum Gasteiger partial charge on any atom is 0.338 e. The van der Waals surface area contributed by atoms with Gasteiger partial charge in [-0.3, -0.25) is 4.79 Å². The number of benzene rings is 1. The molecule has 274 valence electrons. The third kappa shape index (κ3) is 7.59. The van der Waals surface area contributed by atoms with Crippen LogP contribution in [0.15, 0.2) is 84.0 Å². The highest BCUT2D eigenvalue weighted by atomic mass is 35.5. The molecule has 4 aromatic heterocycles. The third-order valence-electron chi connectivity index (χ3n) is 10.4. The fourth-order valence-corrected chi connectivity index (χ4v) is 8.00. The molecular weight excluding hydrogens is 745 g/mol. The van der Waals surface area contributed by atoms with Crippen LogP contribution >= 0.6 is 23.2 Å². The molecule has 0 radical (unpaired) electrons. The molecule has 4 fully saturated rings. The number of carboxylic acids is 1. The van der Waals surface area contributed by atoms with E-state index in [1.165, 1.54) is 78.2 Å². The second kappa shape index (κ2) is 13.5. The number of hydrogen-bond donors (Lipinski definition) is 2. The highest BCUT2D eigenvalue weighted by molar-refractivity contribution is 7.90. The Morgan fingerprint density at radius 1 is 0.755 bits per heavy atom. The summed E-state index contributed by atoms with van der Waals surface area (Å²) in [4.78, 5) is 31.6. The van der Waals surface area contributed by atoms with E-state index in [1.807, 2.05) is 4.72 Å². The van der Waals surface area contributed by atoms with Crippen molar-refractivity contribution in [2.45, 2.75) is 43.4 Å². The van der Waals surface area contributed by atoms with E-state index in [1.54, 1.807) is 48.8 Å². The summed E-state index contributed by atoms with van der Waals surface area (Å²) in [6.45, 7) is 1.38. The lowest BCUT2D eigenvalue weighted by atomic mass is 10.3. The monoisotopic (exact) mass is 777 g/mol. The van der Waals surface area contributed by atoms with E-state index in [4.69, 9.17) is 37.8 Å². The van der Waals surface area contributed by atoms with Gasteiger partial charge in [0, 0.05) is 24.5 Å². The van der Waals surface area contributed by atoms with Crippen molar-refractivity contribution < 1.29 is 32.6 Å². The van der Waals surface area contributed by atoms with Gasteiger partial charge in [-0.25, -0.2) is 37.3 Å². The van der Waals surface area contributed by atoms with E-state index in [0.717, 1.165) is 0 Å². The summed E-state index contributed by atoms with van der Waals surface area (Å²) in [5.41, 5.74) is 1.10. The molecule has 4 saturated carbocycles. The topological polar surface area (TPSA) is 180 Å². The minimum absolute atomic E-state index is 0.0214. The number of nitrogens with zero attached hydrogens (tertiary/aromatic N) is 6. The Hall–Kier alpha value is -4.99. The number of nitrogens with one attached hydrogen (secondary N) is 1. The Balaban J connectivity index is 0.000000160. The molecule has 2 atom stereocenters. The Morgan fingerprint density at radius 2 is 1.25 bits per heavy atom. The highest BCUT2D eigenvalue weighted by Gasteiger charge is 2.63. The molecule has 1 aromatic carbocycles. The Morgan fingerprint density at radius 3 is 1.68 bits per heavy atom. The van der Waals surface area contributed by atoms with Gasteiger partial charge in [0.25, 0.3) is 15.9 Å². The predicted molar refractivity (Wildman–Crippen MR) is 191 cm³/mol. The Kier molecular flexibility index (Phi) is 8.90. The van der Waals surface area contributed by atoms with E-state index in [2.05, 4.69) is 20.2 Å². The molecule has 4 aliphatic carbocycles. The van der Waals surface area contributed by atoms with Gasteiger partial charge in [-0.15, -0.1) is 10.2 Å². The number of rotatable bonds is 12. The van der Waals surface area contributed by atoms with Gasteiger partial charge in [0.1, 0.15) is 10.3 Å². The standard InChI is InChI=1S/C21H19ClN4O4S.C15H14ClN3O3/c22-19-16(20(27)25-31(28,29)15-4-2-1-3-5-15)6-7-17(23-19)26-11-8-18(24-26)30-13-14-12-21(14)9-10-21;16-13-10(14(20)21)1-2-11(17-13)19-6-3-12(18-19)22-8-9-7-15(9)4-5-15/h1-8,11,14H,9-10,12-13H2,(H,25,27);1-3,6,9H,4-5,7-8H2,(H,20,21). The Labute approximate surface area is 314 Å². The van der Waals surface area contributed by atoms with Crippen LogP contribution in [0.5, 0.6) is 11.8 Å². The molecule has 5 aromatic rings. The summed E-state index contributed by atoms with van der Waals surface area (Å²) in [6.07, 6.45) is 11.2. The van der Waals surface area contributed by atoms with Crippen molar-refractivity contribution >= 4 is 45.1 Å². The van der Waals surface area contributed by atoms with E-state index in [9.17, 15) is 18.0 Å². The lowest BCUT2D eigenvalue weighted by Gasteiger charge is -2.09. The molecule has 2 unspecified atom stereocenters. The summed E-state index contributed by atoms with van der Waals surface area (Å²) < 4.78 is 41.2. The SMILES string of the molecule is O=C(NS(=O)(=O)c1ccccc1)c1ccc(-n2ccc(OCC3CC34CC4)n2)nc1Cl.O=C(O)c1ccc(-n2ccc(OCC3CC34CC4)n2)nc1Cl. The number of aromatic nitrogens is 6. The maximum atomic E-state index is 12.5. The average Bonchev–Trinajstić information content (AvgIpc) is 4.12. The zero-order chi connectivity index (χ0) is 37.0. The van der Waals surface area contributed by atoms with Gasteiger partial charge in [-0.05, 0) is 97.6 Å². The number of sulfonamides is 1. The van der Waals surface area contributed by atoms with Gasteiger partial charge >= 0.3 is 5.97 Å². The second-order valence-corrected chi connectivity index (χ2v) is 16.3. The second-order valence-electron chi connectivity index (χ2n) is 13.9. The van der Waals surface area contributed by atoms with Crippen LogP contribution in [-0.2, 0) is 10.0 Å². The average molecular weight is 779 g/mol. The van der Waals surface area contributed by atoms with E-state index in [0.29, 0.717) is 59.3 Å². The summed E-state index contributed by atoms with van der Waals surface area (Å²) in [7, 11) is -4.02. The van der Waals surface area contributed by atoms with Gasteiger partial charge in [0.15, 0.2) is 11.6 Å². The van der Waals surface area contributed by atoms with Crippen molar-refractivity contribution in [2.75, 3.05) is 13.2 Å². The molecule has 4 heterocycles. The van der Waals surface area contributed by atoms with Crippen molar-refractivity contribution in [3.8, 4) is 23.4 Å². The Bertz CT molecular complexity index is 2320. The number of ether oxygens (including phenoxy) is 2. The van der Waals surface area contributed by atoms with Gasteiger partial charge in [0.2, 0.25) is 11.8 Å². The predicted octanol–water partition coefficient (Wildman–Crippen LogP) is 6.02. The number of halogens is 2. The molecule has 1 amide bonds. The van der Waals surface area contributed by atoms with Crippen molar-refractivity contribution in [1.82, 2.24) is 34.3 Å². The molecule has 17 heteroatoms. The zero-order valence-corrected chi connectivity index (χ0v) is 30.4. The first-order valence-electron chi connectivity index (χ1n) is 17.0. The normalized spacial score (nSPS) is 19.5. The van der Waals surface area contributed by atoms with Crippen molar-refractivity contribution in [2.24, 2.45) is 22.7 Å². The molecular formula is C36H33Cl2N7O7S. The van der Waals surface area contributed by atoms with Crippen LogP contribution in [0.2, 0.25) is 10.3 Å². The fraction of sp³-hybridized carbons (Fsp3) is 0.333. The third-order valence-corrected chi connectivity index (χ3v) is 12.3. The molecule has 2 spiro atoms. The van der Waals surface area contributed by atoms with Crippen LogP contribution in [0.4, 0.5) is 0 Å². The number of pyridine rings is 2. The van der Waals surface area contributed by atoms with Crippen LogP contribution in [0.25, 0.3) is 11.6 Å². The molecule has 0 saturated heterocycles. The van der Waals surface area contributed by atoms with E-state index >= 15 is 0 Å². The van der Waals surface area contributed by atoms with Crippen molar-refractivity contribution in [3.63, 3.8) is 0 Å². The first-order chi connectivity index (χ1) is 25.4. The van der Waals surface area contributed by atoms with Crippen molar-refractivity contribution in [1.29, 1.82) is 0 Å². The number of carboxylic acid groups (broad SMARTS) is 1. The van der Waals surface area contributed by atoms with Gasteiger partial charge in [0.05, 0.1) is 29.2 Å². The molecule has 4 aliphatic rings. The number of aromatic carboxylic acids is 1. The van der Waals surface area contributed by atoms with E-state index < -0.39 is 21.9 Å². The van der Waals surface area contributed by atoms with Crippen molar-refractivity contribution in [3.05, 3.63) is 101 Å². The number of amides is 1. The molecule has 0 aliphatic heterocycles. The quantitative estimate of drug-likeness (QED) is 0.142. The molecule has 9 rings (SSSR count). The van der Waals surface area contributed by atoms with Gasteiger partial charge < -0.3 is 14.6 Å². The largest absolute Gasteiger partial charge is 0.478 e. The minimum Gasteiger partial charge on any atom is -0.478 e. The maximum absolute atomic E-state index is 12.5. The highest BCUT2D eigenvalue weighted by Crippen LogP contribution is 2.71. The summed E-state index contributed by atoms with van der Waals surface area (Å²) in [5.74, 6) is 1.22. The summed E-state index contributed by atoms with van der Waals surface area (Å²) in [5, 5.41) is 17.4. The smallest absolute Gasteiger partial charge is 0.338 e. The van der Waals surface area contributed by atoms with Gasteiger partial charge in [-0.2, -0.15) is 0 Å². The number of hydrogen-bond acceptors (Lipinski definition) is 10. The molecule has 2 N–H and O–H groups in total. The molecule has 14 nitrogen and oxygen atoms in total. The lowest BCUT2D eigenvalue weighted by molar-refractivity contribution is 0.0696. The summed E-state index contributed by atoms with van der Waals surface area (Å²) >= 11 is 12.0.